The van der Waals surface area contributed by atoms with E-state index in [1.54, 1.807) is 24.4 Å². The molecule has 1 amide bonds. The van der Waals surface area contributed by atoms with Crippen LogP contribution >= 0.6 is 11.6 Å². The topological polar surface area (TPSA) is 146 Å². The van der Waals surface area contributed by atoms with E-state index >= 15 is 0 Å². The maximum atomic E-state index is 13.9. The predicted octanol–water partition coefficient (Wildman–Crippen LogP) is 3.35. The van der Waals surface area contributed by atoms with Crippen LogP contribution in [0, 0.1) is 0 Å². The molecule has 4 N–H and O–H groups in total. The lowest BCUT2D eigenvalue weighted by Crippen LogP contribution is -2.34. The second-order valence-electron chi connectivity index (χ2n) is 10.00. The van der Waals surface area contributed by atoms with Crippen molar-refractivity contribution in [2.24, 2.45) is 10.7 Å². The Kier molecular flexibility index (Phi) is 9.28. The lowest BCUT2D eigenvalue weighted by atomic mass is 10.0. The third-order valence-corrected chi connectivity index (χ3v) is 7.30. The van der Waals surface area contributed by atoms with Crippen molar-refractivity contribution in [3.05, 3.63) is 57.5 Å². The molecule has 5 rings (SSSR count). The summed E-state index contributed by atoms with van der Waals surface area (Å²) in [6, 6.07) is 7.35. The minimum atomic E-state index is -0.382. The highest BCUT2D eigenvalue weighted by molar-refractivity contribution is 6.33. The monoisotopic (exact) mass is 579 g/mol. The van der Waals surface area contributed by atoms with Crippen LogP contribution in [-0.4, -0.2) is 65.3 Å². The molecule has 4 heterocycles. The molecule has 0 atom stereocenters. The van der Waals surface area contributed by atoms with Gasteiger partial charge < -0.3 is 25.8 Å². The Morgan fingerprint density at radius 1 is 1.20 bits per heavy atom. The van der Waals surface area contributed by atoms with Gasteiger partial charge in [0.1, 0.15) is 12.2 Å². The van der Waals surface area contributed by atoms with Crippen molar-refractivity contribution >= 4 is 46.1 Å². The average molecular weight is 580 g/mol. The van der Waals surface area contributed by atoms with E-state index in [9.17, 15) is 9.59 Å². The fraction of sp³-hybridized carbons (Fsp3) is 0.414. The largest absolute Gasteiger partial charge is 0.481 e. The van der Waals surface area contributed by atoms with Crippen molar-refractivity contribution in [2.45, 2.75) is 45.2 Å². The maximum Gasteiger partial charge on any atom is 0.260 e. The van der Waals surface area contributed by atoms with Crippen molar-refractivity contribution in [3.8, 4) is 11.1 Å². The number of nitrogens with two attached hydrogens (primary N) is 1. The van der Waals surface area contributed by atoms with E-state index in [-0.39, 0.29) is 24.1 Å². The van der Waals surface area contributed by atoms with Crippen LogP contribution < -0.4 is 21.9 Å². The van der Waals surface area contributed by atoms with E-state index in [1.165, 1.54) is 4.57 Å². The summed E-state index contributed by atoms with van der Waals surface area (Å²) in [4.78, 5) is 40.5. The molecule has 1 fully saturated rings. The van der Waals surface area contributed by atoms with E-state index < -0.39 is 0 Å². The fourth-order valence-corrected chi connectivity index (χ4v) is 5.13. The number of ether oxygens (including phenoxy) is 2. The Labute approximate surface area is 242 Å². The van der Waals surface area contributed by atoms with Gasteiger partial charge in [0.05, 0.1) is 12.3 Å². The van der Waals surface area contributed by atoms with Crippen molar-refractivity contribution in [2.75, 3.05) is 38.2 Å². The summed E-state index contributed by atoms with van der Waals surface area (Å²) in [7, 11) is 0. The normalized spacial score (nSPS) is 16.0. The predicted molar refractivity (Wildman–Crippen MR) is 160 cm³/mol. The van der Waals surface area contributed by atoms with Gasteiger partial charge in [-0.2, -0.15) is 4.98 Å². The Bertz CT molecular complexity index is 1550. The lowest BCUT2D eigenvalue weighted by molar-refractivity contribution is -0.121. The number of anilines is 1. The molecule has 2 aliphatic rings. The Morgan fingerprint density at radius 3 is 2.80 bits per heavy atom. The SMILES string of the molecule is CC1=NC(c2ccc(-c3cc4cnc(NC5CCOCC5)nc4n(CC(=O)NCCCN)c3=O)c(Cl)c2)=CCCO1. The van der Waals surface area contributed by atoms with E-state index in [2.05, 4.69) is 25.6 Å². The molecule has 1 aromatic carbocycles. The third-order valence-electron chi connectivity index (χ3n) is 6.99. The first-order valence-corrected chi connectivity index (χ1v) is 14.2. The molecule has 0 unspecified atom stereocenters. The molecular weight excluding hydrogens is 546 g/mol. The number of nitrogens with one attached hydrogen (secondary N) is 2. The first kappa shape index (κ1) is 28.7. The van der Waals surface area contributed by atoms with Gasteiger partial charge in [0.2, 0.25) is 11.9 Å². The van der Waals surface area contributed by atoms with Crippen LogP contribution in [0.2, 0.25) is 5.02 Å². The van der Waals surface area contributed by atoms with Crippen LogP contribution in [0.15, 0.2) is 46.3 Å². The summed E-state index contributed by atoms with van der Waals surface area (Å²) in [6.07, 6.45) is 6.68. The van der Waals surface area contributed by atoms with Gasteiger partial charge in [0.15, 0.2) is 5.90 Å². The molecule has 0 saturated carbocycles. The number of halogens is 1. The number of rotatable bonds is 9. The van der Waals surface area contributed by atoms with Crippen LogP contribution in [0.4, 0.5) is 5.95 Å². The Balaban J connectivity index is 1.54. The highest BCUT2D eigenvalue weighted by Crippen LogP contribution is 2.31. The van der Waals surface area contributed by atoms with Gasteiger partial charge in [-0.1, -0.05) is 29.8 Å². The summed E-state index contributed by atoms with van der Waals surface area (Å²) in [5, 5.41) is 7.15. The molecule has 2 aromatic heterocycles. The minimum Gasteiger partial charge on any atom is -0.481 e. The quantitative estimate of drug-likeness (QED) is 0.327. The van der Waals surface area contributed by atoms with E-state index in [0.29, 0.717) is 78.4 Å². The van der Waals surface area contributed by atoms with Gasteiger partial charge in [-0.15, -0.1) is 0 Å². The van der Waals surface area contributed by atoms with Gasteiger partial charge >= 0.3 is 0 Å². The van der Waals surface area contributed by atoms with Gasteiger partial charge in [0.25, 0.3) is 5.56 Å². The number of aliphatic imine (C=N–C) groups is 1. The number of aromatic nitrogens is 3. The number of pyridine rings is 1. The molecule has 3 aromatic rings. The first-order chi connectivity index (χ1) is 19.9. The van der Waals surface area contributed by atoms with E-state index in [1.807, 2.05) is 19.1 Å². The molecule has 11 nitrogen and oxygen atoms in total. The summed E-state index contributed by atoms with van der Waals surface area (Å²) >= 11 is 6.76. The summed E-state index contributed by atoms with van der Waals surface area (Å²) in [5.41, 5.74) is 8.00. The summed E-state index contributed by atoms with van der Waals surface area (Å²) in [6.45, 7) is 4.37. The fourth-order valence-electron chi connectivity index (χ4n) is 4.85. The maximum absolute atomic E-state index is 13.9. The van der Waals surface area contributed by atoms with Crippen molar-refractivity contribution in [1.29, 1.82) is 0 Å². The smallest absolute Gasteiger partial charge is 0.260 e. The first-order valence-electron chi connectivity index (χ1n) is 13.8. The third kappa shape index (κ3) is 6.92. The zero-order valence-electron chi connectivity index (χ0n) is 23.0. The van der Waals surface area contributed by atoms with Crippen LogP contribution in [0.25, 0.3) is 27.9 Å². The number of fused-ring (bicyclic) bond motifs is 1. The molecule has 0 bridgehead atoms. The van der Waals surface area contributed by atoms with Crippen LogP contribution in [0.3, 0.4) is 0 Å². The number of benzene rings is 1. The van der Waals surface area contributed by atoms with Crippen molar-refractivity contribution in [1.82, 2.24) is 19.9 Å². The second kappa shape index (κ2) is 13.2. The van der Waals surface area contributed by atoms with E-state index in [4.69, 9.17) is 26.8 Å². The molecule has 0 aliphatic carbocycles. The average Bonchev–Trinajstić information content (AvgIpc) is 3.20. The summed E-state index contributed by atoms with van der Waals surface area (Å²) < 4.78 is 12.3. The van der Waals surface area contributed by atoms with E-state index in [0.717, 1.165) is 30.5 Å². The number of amides is 1. The summed E-state index contributed by atoms with van der Waals surface area (Å²) in [5.74, 6) is 0.670. The standard InChI is InChI=1S/C29H34ClN7O4/c1-18-34-25(4-2-11-41-18)19-5-6-22(24(30)15-19)23-14-20-16-33-29(35-21-7-12-40-13-8-21)36-27(20)37(28(23)39)17-26(38)32-10-3-9-31/h4-6,14-16,21H,2-3,7-13,17,31H2,1H3,(H,32,38)(H,33,35,36). The van der Waals surface area contributed by atoms with Gasteiger partial charge in [-0.3, -0.25) is 14.2 Å². The molecule has 2 aliphatic heterocycles. The zero-order valence-corrected chi connectivity index (χ0v) is 23.7. The molecule has 12 heteroatoms. The number of carbonyl (C=O) groups excluding carboxylic acids is 1. The molecule has 216 valence electrons. The number of nitrogens with zero attached hydrogens (tertiary/aromatic N) is 4. The van der Waals surface area contributed by atoms with Gasteiger partial charge in [-0.25, -0.2) is 9.98 Å². The number of hydrogen-bond acceptors (Lipinski definition) is 9. The molecule has 0 radical (unpaired) electrons. The number of carbonyl (C=O) groups is 1. The molecule has 0 spiro atoms. The second-order valence-corrected chi connectivity index (χ2v) is 10.4. The van der Waals surface area contributed by atoms with Crippen molar-refractivity contribution in [3.63, 3.8) is 0 Å². The van der Waals surface area contributed by atoms with Gasteiger partial charge in [-0.05, 0) is 37.9 Å². The molecular formula is C29H34ClN7O4. The minimum absolute atomic E-state index is 0.167. The van der Waals surface area contributed by atoms with Crippen LogP contribution in [0.5, 0.6) is 0 Å². The number of hydrogen-bond donors (Lipinski definition) is 3. The Morgan fingerprint density at radius 2 is 2.02 bits per heavy atom. The molecule has 41 heavy (non-hydrogen) atoms. The van der Waals surface area contributed by atoms with Gasteiger partial charge in [0, 0.05) is 72.4 Å². The van der Waals surface area contributed by atoms with Crippen LogP contribution in [-0.2, 0) is 20.8 Å². The highest BCUT2D eigenvalue weighted by atomic mass is 35.5. The lowest BCUT2D eigenvalue weighted by Gasteiger charge is -2.23. The highest BCUT2D eigenvalue weighted by Gasteiger charge is 2.20. The molecule has 1 saturated heterocycles. The van der Waals surface area contributed by atoms with Crippen molar-refractivity contribution < 1.29 is 14.3 Å². The Hall–Kier alpha value is -3.80. The zero-order chi connectivity index (χ0) is 28.8. The van der Waals surface area contributed by atoms with Crippen LogP contribution in [0.1, 0.15) is 38.2 Å².